The lowest BCUT2D eigenvalue weighted by Gasteiger charge is -2.31. The van der Waals surface area contributed by atoms with Crippen molar-refractivity contribution in [2.45, 2.75) is 25.6 Å². The number of nitrogens with two attached hydrogens (primary N) is 1. The Bertz CT molecular complexity index is 1130. The molecule has 2 aromatic carbocycles. The molecule has 11 nitrogen and oxygen atoms in total. The number of hydrogen-bond donors (Lipinski definition) is 3. The van der Waals surface area contributed by atoms with Gasteiger partial charge in [0.2, 0.25) is 5.91 Å². The molecule has 0 spiro atoms. The molecule has 0 aliphatic carbocycles. The smallest absolute Gasteiger partial charge is 0.317 e. The molecule has 1 atom stereocenters. The summed E-state index contributed by atoms with van der Waals surface area (Å²) in [6.07, 6.45) is 0.415. The number of carbonyl (C=O) groups excluding carboxylic acids is 2. The predicted molar refractivity (Wildman–Crippen MR) is 167 cm³/mol. The van der Waals surface area contributed by atoms with Crippen LogP contribution in [0.5, 0.6) is 0 Å². The highest BCUT2D eigenvalue weighted by molar-refractivity contribution is 5.85. The van der Waals surface area contributed by atoms with E-state index in [0.717, 1.165) is 49.4 Å². The minimum atomic E-state index is -0.841. The Kier molecular flexibility index (Phi) is 14.7. The number of nitrogens with zero attached hydrogens (tertiary/aromatic N) is 4. The van der Waals surface area contributed by atoms with Crippen LogP contribution in [0.2, 0.25) is 0 Å². The highest BCUT2D eigenvalue weighted by Crippen LogP contribution is 2.08. The van der Waals surface area contributed by atoms with E-state index in [2.05, 4.69) is 34.1 Å². The van der Waals surface area contributed by atoms with Crippen molar-refractivity contribution in [3.63, 3.8) is 0 Å². The summed E-state index contributed by atoms with van der Waals surface area (Å²) in [6.45, 7) is 7.00. The molecular weight excluding hydrogens is 548 g/mol. The molecule has 1 heterocycles. The van der Waals surface area contributed by atoms with E-state index in [4.69, 9.17) is 10.5 Å². The first-order chi connectivity index (χ1) is 20.7. The average Bonchev–Trinajstić information content (AvgIpc) is 2.99. The van der Waals surface area contributed by atoms with Gasteiger partial charge in [0.05, 0.1) is 25.7 Å². The first-order valence-corrected chi connectivity index (χ1v) is 15.0. The van der Waals surface area contributed by atoms with Gasteiger partial charge in [0, 0.05) is 58.9 Å². The second kappa shape index (κ2) is 18.5. The number of nitrogens with one attached hydrogen (secondary N) is 1. The van der Waals surface area contributed by atoms with Crippen LogP contribution in [0, 0.1) is 0 Å². The fraction of sp³-hybridized carbons (Fsp3) is 0.531. The number of likely N-dealkylation sites (N-methyl/N-ethyl adjacent to an activating group) is 2. The lowest BCUT2D eigenvalue weighted by molar-refractivity contribution is -0.138. The number of carbonyl (C=O) groups is 3. The molecule has 0 bridgehead atoms. The van der Waals surface area contributed by atoms with Gasteiger partial charge >= 0.3 is 5.97 Å². The van der Waals surface area contributed by atoms with E-state index in [-0.39, 0.29) is 31.4 Å². The van der Waals surface area contributed by atoms with Gasteiger partial charge in [0.25, 0.3) is 0 Å². The van der Waals surface area contributed by atoms with E-state index in [1.807, 2.05) is 59.5 Å². The van der Waals surface area contributed by atoms with Crippen molar-refractivity contribution in [2.24, 2.45) is 5.73 Å². The molecule has 11 heteroatoms. The summed E-state index contributed by atoms with van der Waals surface area (Å²) in [5.41, 5.74) is 9.03. The second-order valence-electron chi connectivity index (χ2n) is 11.4. The fourth-order valence-electron chi connectivity index (χ4n) is 4.77. The van der Waals surface area contributed by atoms with Crippen molar-refractivity contribution in [1.82, 2.24) is 24.9 Å². The summed E-state index contributed by atoms with van der Waals surface area (Å²) in [6, 6.07) is 16.8. The molecule has 4 N–H and O–H groups in total. The second-order valence-corrected chi connectivity index (χ2v) is 11.4. The molecule has 1 aliphatic heterocycles. The first kappa shape index (κ1) is 34.3. The van der Waals surface area contributed by atoms with Gasteiger partial charge in [-0.1, -0.05) is 54.6 Å². The standard InChI is InChI=1S/C32H48N6O5/c1-35-12-13-36(2)15-17-38(23-32(41)42)19-18-37(16-14-35)22-31(40)34-21-27-10-8-26(9-11-27)20-29(33)30(39)25-43-24-28-6-4-3-5-7-28/h3-11,29H,12-25,33H2,1-2H3,(H,34,40)(H,41,42)/t29-/m1/s1. The largest absolute Gasteiger partial charge is 0.480 e. The number of carboxylic acids is 1. The van der Waals surface area contributed by atoms with Crippen LogP contribution < -0.4 is 11.1 Å². The van der Waals surface area contributed by atoms with Crippen molar-refractivity contribution in [3.8, 4) is 0 Å². The topological polar surface area (TPSA) is 132 Å². The van der Waals surface area contributed by atoms with Crippen molar-refractivity contribution in [3.05, 3.63) is 71.3 Å². The third-order valence-corrected chi connectivity index (χ3v) is 7.66. The van der Waals surface area contributed by atoms with Gasteiger partial charge in [-0.25, -0.2) is 0 Å². The van der Waals surface area contributed by atoms with Crippen LogP contribution in [0.25, 0.3) is 0 Å². The van der Waals surface area contributed by atoms with Crippen LogP contribution in [0.3, 0.4) is 0 Å². The van der Waals surface area contributed by atoms with Gasteiger partial charge in [-0.15, -0.1) is 0 Å². The number of ketones is 1. The first-order valence-electron chi connectivity index (χ1n) is 15.0. The molecule has 0 aromatic heterocycles. The van der Waals surface area contributed by atoms with Gasteiger partial charge in [0.1, 0.15) is 6.61 Å². The predicted octanol–water partition coefficient (Wildman–Crippen LogP) is 0.524. The monoisotopic (exact) mass is 596 g/mol. The molecule has 1 saturated heterocycles. The summed E-state index contributed by atoms with van der Waals surface area (Å²) in [4.78, 5) is 45.2. The Labute approximate surface area is 255 Å². The summed E-state index contributed by atoms with van der Waals surface area (Å²) in [7, 11) is 4.14. The highest BCUT2D eigenvalue weighted by atomic mass is 16.5. The average molecular weight is 597 g/mol. The van der Waals surface area contributed by atoms with E-state index < -0.39 is 12.0 Å². The van der Waals surface area contributed by atoms with Crippen LogP contribution in [-0.4, -0.2) is 135 Å². The minimum Gasteiger partial charge on any atom is -0.480 e. The fourth-order valence-corrected chi connectivity index (χ4v) is 4.77. The number of rotatable bonds is 13. The number of hydrogen-bond acceptors (Lipinski definition) is 9. The molecule has 236 valence electrons. The number of carboxylic acid groups (broad SMARTS) is 1. The van der Waals surface area contributed by atoms with Crippen LogP contribution in [-0.2, 0) is 38.7 Å². The van der Waals surface area contributed by atoms with Crippen molar-refractivity contribution < 1.29 is 24.2 Å². The maximum absolute atomic E-state index is 12.9. The van der Waals surface area contributed by atoms with E-state index in [1.165, 1.54) is 0 Å². The van der Waals surface area contributed by atoms with Gasteiger partial charge in [-0.2, -0.15) is 0 Å². The maximum atomic E-state index is 12.9. The van der Waals surface area contributed by atoms with Gasteiger partial charge < -0.3 is 30.7 Å². The highest BCUT2D eigenvalue weighted by Gasteiger charge is 2.18. The van der Waals surface area contributed by atoms with Crippen LogP contribution in [0.1, 0.15) is 16.7 Å². The molecule has 1 aliphatic rings. The Morgan fingerprint density at radius 1 is 0.791 bits per heavy atom. The zero-order valence-corrected chi connectivity index (χ0v) is 25.6. The molecule has 1 amide bonds. The Hall–Kier alpha value is -3.19. The van der Waals surface area contributed by atoms with Gasteiger partial charge in [-0.05, 0) is 37.2 Å². The molecule has 2 aromatic rings. The summed E-state index contributed by atoms with van der Waals surface area (Å²) in [5, 5.41) is 12.3. The number of aliphatic carboxylic acids is 1. The molecule has 1 fully saturated rings. The molecule has 3 rings (SSSR count). The van der Waals surface area contributed by atoms with Gasteiger partial charge in [0.15, 0.2) is 5.78 Å². The molecule has 43 heavy (non-hydrogen) atoms. The number of amides is 1. The lowest BCUT2D eigenvalue weighted by Crippen LogP contribution is -2.47. The van der Waals surface area contributed by atoms with Crippen LogP contribution >= 0.6 is 0 Å². The molecule has 0 saturated carbocycles. The van der Waals surface area contributed by atoms with Crippen LogP contribution in [0.15, 0.2) is 54.6 Å². The Morgan fingerprint density at radius 2 is 1.33 bits per heavy atom. The zero-order valence-electron chi connectivity index (χ0n) is 25.6. The quantitative estimate of drug-likeness (QED) is 0.301. The Morgan fingerprint density at radius 3 is 1.93 bits per heavy atom. The third kappa shape index (κ3) is 13.8. The minimum absolute atomic E-state index is 0.00905. The summed E-state index contributed by atoms with van der Waals surface area (Å²) < 4.78 is 5.53. The van der Waals surface area contributed by atoms with E-state index in [1.54, 1.807) is 0 Å². The SMILES string of the molecule is CN1CCN(C)CCN(CC(=O)NCc2ccc(C[C@@H](N)C(=O)COCc3ccccc3)cc2)CCN(CC(=O)O)CC1. The van der Waals surface area contributed by atoms with Crippen molar-refractivity contribution in [2.75, 3.05) is 86.1 Å². The summed E-state index contributed by atoms with van der Waals surface area (Å²) >= 11 is 0. The van der Waals surface area contributed by atoms with Gasteiger partial charge in [-0.3, -0.25) is 24.2 Å². The lowest BCUT2D eigenvalue weighted by atomic mass is 10.0. The van der Waals surface area contributed by atoms with Crippen LogP contribution in [0.4, 0.5) is 0 Å². The maximum Gasteiger partial charge on any atom is 0.317 e. The van der Waals surface area contributed by atoms with E-state index >= 15 is 0 Å². The molecular formula is C32H48N6O5. The number of Topliss-reactive ketones (excluding diaryl/α,β-unsaturated/α-hetero) is 1. The third-order valence-electron chi connectivity index (χ3n) is 7.66. The summed E-state index contributed by atoms with van der Waals surface area (Å²) in [5.74, 6) is -1.06. The Balaban J connectivity index is 1.43. The molecule has 0 unspecified atom stereocenters. The normalized spacial score (nSPS) is 17.5. The van der Waals surface area contributed by atoms with E-state index in [0.29, 0.717) is 39.2 Å². The molecule has 0 radical (unpaired) electrons. The number of benzene rings is 2. The van der Waals surface area contributed by atoms with Crippen molar-refractivity contribution >= 4 is 17.7 Å². The van der Waals surface area contributed by atoms with Crippen molar-refractivity contribution in [1.29, 1.82) is 0 Å². The van der Waals surface area contributed by atoms with E-state index in [9.17, 15) is 19.5 Å². The number of ether oxygens (including phenoxy) is 1. The zero-order chi connectivity index (χ0) is 31.0.